The van der Waals surface area contributed by atoms with Crippen molar-refractivity contribution in [2.45, 2.75) is 6.92 Å². The predicted octanol–water partition coefficient (Wildman–Crippen LogP) is 2.17. The number of nitrogens with one attached hydrogen (secondary N) is 2. The van der Waals surface area contributed by atoms with Crippen molar-refractivity contribution >= 4 is 22.8 Å². The summed E-state index contributed by atoms with van der Waals surface area (Å²) in [6, 6.07) is 12.1. The van der Waals surface area contributed by atoms with E-state index in [4.69, 9.17) is 9.15 Å². The summed E-state index contributed by atoms with van der Waals surface area (Å²) in [5, 5.41) is 5.94. The fraction of sp³-hybridized carbons (Fsp3) is 0.190. The molecule has 0 bridgehead atoms. The summed E-state index contributed by atoms with van der Waals surface area (Å²) in [6.45, 7) is 1.75. The van der Waals surface area contributed by atoms with Gasteiger partial charge in [-0.05, 0) is 42.8 Å². The Kier molecular flexibility index (Phi) is 6.23. The summed E-state index contributed by atoms with van der Waals surface area (Å²) in [4.78, 5) is 35.1. The van der Waals surface area contributed by atoms with Gasteiger partial charge < -0.3 is 19.8 Å². The molecule has 7 nitrogen and oxygen atoms in total. The molecule has 8 heteroatoms. The monoisotopic (exact) mass is 398 g/mol. The van der Waals surface area contributed by atoms with E-state index in [1.54, 1.807) is 25.1 Å². The molecule has 0 saturated carbocycles. The Balaban J connectivity index is 1.41. The third kappa shape index (κ3) is 5.41. The highest BCUT2D eigenvalue weighted by Gasteiger charge is 2.08. The van der Waals surface area contributed by atoms with Gasteiger partial charge in [0, 0.05) is 36.2 Å². The highest BCUT2D eigenvalue weighted by Crippen LogP contribution is 2.19. The smallest absolute Gasteiger partial charge is 0.336 e. The number of rotatable bonds is 7. The summed E-state index contributed by atoms with van der Waals surface area (Å²) < 4.78 is 23.9. The minimum atomic E-state index is -0.470. The molecule has 2 amide bonds. The normalized spacial score (nSPS) is 10.6. The van der Waals surface area contributed by atoms with Crippen molar-refractivity contribution in [2.75, 3.05) is 19.7 Å². The van der Waals surface area contributed by atoms with E-state index >= 15 is 0 Å². The van der Waals surface area contributed by atoms with Crippen molar-refractivity contribution in [3.05, 3.63) is 75.9 Å². The van der Waals surface area contributed by atoms with Crippen LogP contribution >= 0.6 is 0 Å². The van der Waals surface area contributed by atoms with Crippen LogP contribution in [0.3, 0.4) is 0 Å². The van der Waals surface area contributed by atoms with Gasteiger partial charge in [-0.3, -0.25) is 9.59 Å². The summed E-state index contributed by atoms with van der Waals surface area (Å²) in [6.07, 6.45) is 0. The van der Waals surface area contributed by atoms with Crippen molar-refractivity contribution < 1.29 is 23.1 Å². The zero-order chi connectivity index (χ0) is 20.8. The van der Waals surface area contributed by atoms with Crippen molar-refractivity contribution in [2.24, 2.45) is 0 Å². The first-order chi connectivity index (χ1) is 13.9. The fourth-order valence-electron chi connectivity index (χ4n) is 2.54. The van der Waals surface area contributed by atoms with Gasteiger partial charge in [-0.15, -0.1) is 0 Å². The molecular weight excluding hydrogens is 379 g/mol. The molecule has 3 aromatic rings. The van der Waals surface area contributed by atoms with Gasteiger partial charge in [0.1, 0.15) is 17.1 Å². The molecule has 0 aliphatic carbocycles. The molecule has 0 radical (unpaired) electrons. The van der Waals surface area contributed by atoms with Gasteiger partial charge in [-0.2, -0.15) is 0 Å². The molecule has 2 aromatic carbocycles. The Morgan fingerprint density at radius 3 is 2.59 bits per heavy atom. The largest absolute Gasteiger partial charge is 0.484 e. The van der Waals surface area contributed by atoms with Gasteiger partial charge in [0.25, 0.3) is 11.8 Å². The SMILES string of the molecule is Cc1ccc(C(=O)NCCNC(=O)COc2ccc3ccc(=O)oc3c2)cc1F. The summed E-state index contributed by atoms with van der Waals surface area (Å²) in [5.41, 5.74) is 0.571. The number of carbonyl (C=O) groups is 2. The van der Waals surface area contributed by atoms with E-state index in [2.05, 4.69) is 10.6 Å². The van der Waals surface area contributed by atoms with Gasteiger partial charge in [0.2, 0.25) is 0 Å². The number of hydrogen-bond donors (Lipinski definition) is 2. The molecule has 1 aromatic heterocycles. The molecule has 0 aliphatic heterocycles. The van der Waals surface area contributed by atoms with Crippen molar-refractivity contribution in [3.63, 3.8) is 0 Å². The Labute approximate surface area is 165 Å². The van der Waals surface area contributed by atoms with Crippen LogP contribution in [0, 0.1) is 12.7 Å². The molecule has 0 unspecified atom stereocenters. The third-order valence-electron chi connectivity index (χ3n) is 4.13. The second-order valence-corrected chi connectivity index (χ2v) is 6.31. The van der Waals surface area contributed by atoms with Gasteiger partial charge in [0.15, 0.2) is 6.61 Å². The highest BCUT2D eigenvalue weighted by atomic mass is 19.1. The lowest BCUT2D eigenvalue weighted by Crippen LogP contribution is -2.36. The molecule has 1 heterocycles. The van der Waals surface area contributed by atoms with E-state index in [0.29, 0.717) is 16.9 Å². The van der Waals surface area contributed by atoms with Crippen LogP contribution in [0.15, 0.2) is 57.7 Å². The second-order valence-electron chi connectivity index (χ2n) is 6.31. The molecule has 0 spiro atoms. The van der Waals surface area contributed by atoms with Crippen LogP contribution in [-0.4, -0.2) is 31.5 Å². The first kappa shape index (κ1) is 20.1. The van der Waals surface area contributed by atoms with E-state index in [9.17, 15) is 18.8 Å². The molecule has 150 valence electrons. The molecule has 29 heavy (non-hydrogen) atoms. The minimum absolute atomic E-state index is 0.182. The van der Waals surface area contributed by atoms with Crippen molar-refractivity contribution in [3.8, 4) is 5.75 Å². The van der Waals surface area contributed by atoms with Crippen LogP contribution in [0.4, 0.5) is 4.39 Å². The summed E-state index contributed by atoms with van der Waals surface area (Å²) >= 11 is 0. The van der Waals surface area contributed by atoms with E-state index in [-0.39, 0.29) is 31.2 Å². The molecule has 0 aliphatic rings. The van der Waals surface area contributed by atoms with Crippen molar-refractivity contribution in [1.29, 1.82) is 0 Å². The number of carbonyl (C=O) groups excluding carboxylic acids is 2. The van der Waals surface area contributed by atoms with E-state index < -0.39 is 17.3 Å². The number of amides is 2. The maximum absolute atomic E-state index is 13.5. The van der Waals surface area contributed by atoms with Crippen LogP contribution in [0.25, 0.3) is 11.0 Å². The fourth-order valence-corrected chi connectivity index (χ4v) is 2.54. The number of halogens is 1. The number of benzene rings is 2. The number of aryl methyl sites for hydroxylation is 1. The summed E-state index contributed by atoms with van der Waals surface area (Å²) in [5.74, 6) is -0.866. The lowest BCUT2D eigenvalue weighted by Gasteiger charge is -2.09. The van der Waals surface area contributed by atoms with Gasteiger partial charge in [-0.25, -0.2) is 9.18 Å². The standard InChI is InChI=1S/C21H19FN2O5/c1-13-2-3-15(10-17(13)22)21(27)24-9-8-23-19(25)12-28-16-6-4-14-5-7-20(26)29-18(14)11-16/h2-7,10-11H,8-9,12H2,1H3,(H,23,25)(H,24,27). The second kappa shape index (κ2) is 9.01. The number of ether oxygens (including phenoxy) is 1. The Hall–Kier alpha value is -3.68. The average Bonchev–Trinajstić information content (AvgIpc) is 2.71. The zero-order valence-electron chi connectivity index (χ0n) is 15.7. The molecule has 0 saturated heterocycles. The number of fused-ring (bicyclic) bond motifs is 1. The Morgan fingerprint density at radius 2 is 1.79 bits per heavy atom. The van der Waals surface area contributed by atoms with E-state index in [0.717, 1.165) is 5.39 Å². The lowest BCUT2D eigenvalue weighted by atomic mass is 10.1. The quantitative estimate of drug-likeness (QED) is 0.470. The van der Waals surface area contributed by atoms with Crippen LogP contribution in [-0.2, 0) is 4.79 Å². The van der Waals surface area contributed by atoms with Crippen LogP contribution in [0.5, 0.6) is 5.75 Å². The molecule has 2 N–H and O–H groups in total. The van der Waals surface area contributed by atoms with E-state index in [1.807, 2.05) is 0 Å². The minimum Gasteiger partial charge on any atom is -0.484 e. The highest BCUT2D eigenvalue weighted by molar-refractivity contribution is 5.94. The lowest BCUT2D eigenvalue weighted by molar-refractivity contribution is -0.123. The van der Waals surface area contributed by atoms with Crippen molar-refractivity contribution in [1.82, 2.24) is 10.6 Å². The van der Waals surface area contributed by atoms with Gasteiger partial charge >= 0.3 is 5.63 Å². The zero-order valence-corrected chi connectivity index (χ0v) is 15.7. The van der Waals surface area contributed by atoms with Gasteiger partial charge in [-0.1, -0.05) is 6.07 Å². The maximum Gasteiger partial charge on any atom is 0.336 e. The third-order valence-corrected chi connectivity index (χ3v) is 4.13. The molecule has 0 atom stereocenters. The van der Waals surface area contributed by atoms with Crippen LogP contribution < -0.4 is 21.0 Å². The molecule has 0 fully saturated rings. The van der Waals surface area contributed by atoms with Crippen LogP contribution in [0.1, 0.15) is 15.9 Å². The average molecular weight is 398 g/mol. The Bertz CT molecular complexity index is 1110. The summed E-state index contributed by atoms with van der Waals surface area (Å²) in [7, 11) is 0. The van der Waals surface area contributed by atoms with Gasteiger partial charge in [0.05, 0.1) is 0 Å². The Morgan fingerprint density at radius 1 is 1.03 bits per heavy atom. The van der Waals surface area contributed by atoms with Crippen LogP contribution in [0.2, 0.25) is 0 Å². The number of hydrogen-bond acceptors (Lipinski definition) is 5. The first-order valence-electron chi connectivity index (χ1n) is 8.90. The molecular formula is C21H19FN2O5. The van der Waals surface area contributed by atoms with E-state index in [1.165, 1.54) is 30.3 Å². The first-order valence-corrected chi connectivity index (χ1v) is 8.90. The topological polar surface area (TPSA) is 97.6 Å². The predicted molar refractivity (Wildman–Crippen MR) is 104 cm³/mol. The maximum atomic E-state index is 13.5. The molecule has 3 rings (SSSR count).